The third-order valence-electron chi connectivity index (χ3n) is 3.54. The summed E-state index contributed by atoms with van der Waals surface area (Å²) in [7, 11) is -3.77. The lowest BCUT2D eigenvalue weighted by atomic mass is 9.98. The van der Waals surface area contributed by atoms with Crippen molar-refractivity contribution in [2.24, 2.45) is 11.1 Å². The van der Waals surface area contributed by atoms with Gasteiger partial charge in [-0.1, -0.05) is 11.6 Å². The summed E-state index contributed by atoms with van der Waals surface area (Å²) in [6.45, 7) is 1.18. The van der Waals surface area contributed by atoms with Crippen LogP contribution in [-0.4, -0.2) is 33.0 Å². The van der Waals surface area contributed by atoms with E-state index < -0.39 is 21.9 Å². The second-order valence-electron chi connectivity index (χ2n) is 5.37. The van der Waals surface area contributed by atoms with Gasteiger partial charge < -0.3 is 4.90 Å². The van der Waals surface area contributed by atoms with Crippen LogP contribution in [0.15, 0.2) is 12.3 Å². The molecule has 1 saturated heterocycles. The lowest BCUT2D eigenvalue weighted by molar-refractivity contribution is -0.137. The maximum atomic E-state index is 12.6. The number of piperidine rings is 1. The Kier molecular flexibility index (Phi) is 5.39. The van der Waals surface area contributed by atoms with Gasteiger partial charge in [0.1, 0.15) is 5.82 Å². The van der Waals surface area contributed by atoms with Crippen molar-refractivity contribution >= 4 is 27.6 Å². The first kappa shape index (κ1) is 18.2. The van der Waals surface area contributed by atoms with E-state index in [1.165, 1.54) is 0 Å². The fourth-order valence-electron chi connectivity index (χ4n) is 2.48. The molecule has 0 aliphatic carbocycles. The summed E-state index contributed by atoms with van der Waals surface area (Å²) in [6.07, 6.45) is -2.24. The molecule has 11 heteroatoms. The molecule has 2 rings (SSSR count). The minimum absolute atomic E-state index is 0.0257. The number of halogens is 4. The van der Waals surface area contributed by atoms with E-state index in [0.717, 1.165) is 25.1 Å². The average Bonchev–Trinajstić information content (AvgIpc) is 2.43. The Bertz CT molecular complexity index is 669. The van der Waals surface area contributed by atoms with Crippen LogP contribution in [0.4, 0.5) is 19.0 Å². The number of pyridine rings is 1. The highest BCUT2D eigenvalue weighted by molar-refractivity contribution is 7.87. The van der Waals surface area contributed by atoms with E-state index in [0.29, 0.717) is 13.1 Å². The molecule has 0 unspecified atom stereocenters. The molecule has 3 N–H and O–H groups in total. The van der Waals surface area contributed by atoms with E-state index in [1.807, 2.05) is 0 Å². The molecular weight excluding hydrogens is 357 g/mol. The molecule has 0 amide bonds. The molecule has 0 spiro atoms. The summed E-state index contributed by atoms with van der Waals surface area (Å²) in [5, 5.41) is 4.80. The smallest absolute Gasteiger partial charge is 0.355 e. The van der Waals surface area contributed by atoms with E-state index in [1.54, 1.807) is 4.90 Å². The van der Waals surface area contributed by atoms with Crippen molar-refractivity contribution in [2.75, 3.05) is 24.5 Å². The zero-order valence-corrected chi connectivity index (χ0v) is 13.5. The number of nitrogens with zero attached hydrogens (tertiary/aromatic N) is 2. The van der Waals surface area contributed by atoms with Gasteiger partial charge in [0.25, 0.3) is 10.2 Å². The molecule has 130 valence electrons. The highest BCUT2D eigenvalue weighted by atomic mass is 35.5. The van der Waals surface area contributed by atoms with Gasteiger partial charge in [-0.3, -0.25) is 0 Å². The number of hydrogen-bond acceptors (Lipinski definition) is 4. The van der Waals surface area contributed by atoms with Crippen molar-refractivity contribution < 1.29 is 21.6 Å². The maximum Gasteiger partial charge on any atom is 0.417 e. The van der Waals surface area contributed by atoms with Gasteiger partial charge in [-0.15, -0.1) is 0 Å². The fourth-order valence-corrected chi connectivity index (χ4v) is 3.23. The first-order chi connectivity index (χ1) is 10.6. The lowest BCUT2D eigenvalue weighted by Gasteiger charge is -2.34. The van der Waals surface area contributed by atoms with Crippen LogP contribution in [0.2, 0.25) is 5.02 Å². The maximum absolute atomic E-state index is 12.6. The van der Waals surface area contributed by atoms with Gasteiger partial charge in [-0.05, 0) is 24.8 Å². The highest BCUT2D eigenvalue weighted by Crippen LogP contribution is 2.34. The fraction of sp³-hybridized carbons (Fsp3) is 0.583. The van der Waals surface area contributed by atoms with Crippen molar-refractivity contribution in [1.82, 2.24) is 9.71 Å². The molecule has 23 heavy (non-hydrogen) atoms. The Balaban J connectivity index is 2.09. The van der Waals surface area contributed by atoms with E-state index in [2.05, 4.69) is 9.71 Å². The molecule has 1 fully saturated rings. The van der Waals surface area contributed by atoms with Gasteiger partial charge in [0, 0.05) is 25.8 Å². The third kappa shape index (κ3) is 5.20. The first-order valence-electron chi connectivity index (χ1n) is 6.81. The minimum Gasteiger partial charge on any atom is -0.355 e. The number of anilines is 1. The highest BCUT2D eigenvalue weighted by Gasteiger charge is 2.32. The summed E-state index contributed by atoms with van der Waals surface area (Å²) in [5.74, 6) is 0.238. The number of nitrogens with one attached hydrogen (secondary N) is 1. The van der Waals surface area contributed by atoms with E-state index in [-0.39, 0.29) is 23.3 Å². The van der Waals surface area contributed by atoms with Gasteiger partial charge >= 0.3 is 6.18 Å². The van der Waals surface area contributed by atoms with Crippen molar-refractivity contribution in [3.63, 3.8) is 0 Å². The quantitative estimate of drug-likeness (QED) is 0.843. The summed E-state index contributed by atoms with van der Waals surface area (Å²) in [5.41, 5.74) is -0.907. The van der Waals surface area contributed by atoms with Gasteiger partial charge in [-0.2, -0.15) is 21.6 Å². The molecule has 1 aliphatic rings. The van der Waals surface area contributed by atoms with E-state index in [4.69, 9.17) is 16.7 Å². The number of rotatable bonds is 4. The zero-order valence-electron chi connectivity index (χ0n) is 12.0. The first-order valence-corrected chi connectivity index (χ1v) is 8.74. The monoisotopic (exact) mass is 372 g/mol. The largest absolute Gasteiger partial charge is 0.417 e. The van der Waals surface area contributed by atoms with E-state index in [9.17, 15) is 21.6 Å². The Morgan fingerprint density at radius 2 is 2.17 bits per heavy atom. The normalized spacial score (nSPS) is 19.9. The summed E-state index contributed by atoms with van der Waals surface area (Å²) >= 11 is 5.93. The molecule has 2 heterocycles. The Hall–Kier alpha value is -1.10. The molecule has 6 nitrogen and oxygen atoms in total. The van der Waals surface area contributed by atoms with E-state index >= 15 is 0 Å². The summed E-state index contributed by atoms with van der Waals surface area (Å²) in [4.78, 5) is 5.57. The Labute approximate surface area is 137 Å². The molecule has 1 aromatic rings. The van der Waals surface area contributed by atoms with Crippen LogP contribution < -0.4 is 14.8 Å². The predicted octanol–water partition coefficient (Wildman–Crippen LogP) is 1.76. The molecule has 0 bridgehead atoms. The lowest BCUT2D eigenvalue weighted by Crippen LogP contribution is -2.42. The number of hydrogen-bond donors (Lipinski definition) is 2. The molecule has 1 aliphatic heterocycles. The molecule has 0 saturated carbocycles. The topological polar surface area (TPSA) is 88.3 Å². The van der Waals surface area contributed by atoms with Gasteiger partial charge in [0.15, 0.2) is 0 Å². The van der Waals surface area contributed by atoms with Crippen LogP contribution in [0, 0.1) is 5.92 Å². The van der Waals surface area contributed by atoms with Crippen LogP contribution in [-0.2, 0) is 16.4 Å². The van der Waals surface area contributed by atoms with Crippen LogP contribution in [0.3, 0.4) is 0 Å². The summed E-state index contributed by atoms with van der Waals surface area (Å²) < 4.78 is 62.0. The average molecular weight is 373 g/mol. The molecule has 0 aromatic carbocycles. The third-order valence-corrected chi connectivity index (χ3v) is 4.39. The van der Waals surface area contributed by atoms with Crippen molar-refractivity contribution in [3.05, 3.63) is 22.8 Å². The van der Waals surface area contributed by atoms with Crippen molar-refractivity contribution in [1.29, 1.82) is 0 Å². The molecule has 1 aromatic heterocycles. The van der Waals surface area contributed by atoms with Gasteiger partial charge in [-0.25, -0.2) is 14.8 Å². The Morgan fingerprint density at radius 3 is 2.74 bits per heavy atom. The zero-order chi connectivity index (χ0) is 17.3. The SMILES string of the molecule is NS(=O)(=O)NC[C@H]1CCCN(c2ncc(C(F)(F)F)cc2Cl)C1. The molecule has 0 radical (unpaired) electrons. The second-order valence-corrected chi connectivity index (χ2v) is 7.16. The Morgan fingerprint density at radius 1 is 1.48 bits per heavy atom. The standard InChI is InChI=1S/C12H16ClF3N4O2S/c13-10-4-9(12(14,15)16)6-18-11(10)20-3-1-2-8(7-20)5-19-23(17,21)22/h4,6,8,19H,1-3,5,7H2,(H2,17,21,22)/t8-/m1/s1. The van der Waals surface area contributed by atoms with Crippen LogP contribution in [0.25, 0.3) is 0 Å². The van der Waals surface area contributed by atoms with Crippen LogP contribution in [0.1, 0.15) is 18.4 Å². The van der Waals surface area contributed by atoms with Crippen LogP contribution >= 0.6 is 11.6 Å². The summed E-state index contributed by atoms with van der Waals surface area (Å²) in [6, 6.07) is 0.843. The second kappa shape index (κ2) is 6.80. The number of aromatic nitrogens is 1. The number of nitrogens with two attached hydrogens (primary N) is 1. The van der Waals surface area contributed by atoms with Gasteiger partial charge in [0.05, 0.1) is 10.6 Å². The van der Waals surface area contributed by atoms with Crippen LogP contribution in [0.5, 0.6) is 0 Å². The number of alkyl halides is 3. The molecule has 1 atom stereocenters. The minimum atomic E-state index is -4.50. The predicted molar refractivity (Wildman–Crippen MR) is 80.3 cm³/mol. The van der Waals surface area contributed by atoms with Gasteiger partial charge in [0.2, 0.25) is 0 Å². The molecular formula is C12H16ClF3N4O2S. The van der Waals surface area contributed by atoms with Crippen molar-refractivity contribution in [2.45, 2.75) is 19.0 Å². The van der Waals surface area contributed by atoms with Crippen molar-refractivity contribution in [3.8, 4) is 0 Å².